The van der Waals surface area contributed by atoms with Gasteiger partial charge in [-0.15, -0.1) is 11.8 Å². The van der Waals surface area contributed by atoms with E-state index in [1.807, 2.05) is 30.3 Å². The van der Waals surface area contributed by atoms with Crippen LogP contribution in [0.5, 0.6) is 0 Å². The molecule has 0 N–H and O–H groups in total. The predicted molar refractivity (Wildman–Crippen MR) is 78.5 cm³/mol. The average molecular weight is 283 g/mol. The number of nitrogens with zero attached hydrogens (tertiary/aromatic N) is 1. The first-order valence-corrected chi connectivity index (χ1v) is 7.02. The minimum absolute atomic E-state index is 0.393. The van der Waals surface area contributed by atoms with E-state index in [1.54, 1.807) is 18.2 Å². The lowest BCUT2D eigenvalue weighted by atomic mass is 10.1. The Morgan fingerprint density at radius 1 is 1.25 bits per heavy atom. The van der Waals surface area contributed by atoms with E-state index in [9.17, 15) is 4.79 Å². The van der Waals surface area contributed by atoms with E-state index in [1.165, 1.54) is 24.4 Å². The molecule has 3 nitrogen and oxygen atoms in total. The third-order valence-corrected chi connectivity index (χ3v) is 3.89. The number of carbonyl (C=O) groups excluding carboxylic acids is 1. The molecule has 0 amide bonds. The zero-order valence-corrected chi connectivity index (χ0v) is 11.8. The molecule has 4 heteroatoms. The van der Waals surface area contributed by atoms with Gasteiger partial charge < -0.3 is 4.74 Å². The Kier molecular flexibility index (Phi) is 4.80. The molecule has 0 aliphatic heterocycles. The number of hydrogen-bond acceptors (Lipinski definition) is 4. The first-order chi connectivity index (χ1) is 9.74. The summed E-state index contributed by atoms with van der Waals surface area (Å²) < 4.78 is 4.70. The highest BCUT2D eigenvalue weighted by atomic mass is 32.2. The number of methoxy groups -OCH3 is 1. The Morgan fingerprint density at radius 2 is 2.00 bits per heavy atom. The van der Waals surface area contributed by atoms with Crippen molar-refractivity contribution < 1.29 is 9.53 Å². The monoisotopic (exact) mass is 283 g/mol. The standard InChI is InChI=1S/C16H13NO2S/c1-19-16(18)13-7-8-14(10-17)15(9-13)20-11-12-5-3-2-4-6-12/h2-9H,11H2,1H3. The molecule has 0 unspecified atom stereocenters. The Labute approximate surface area is 122 Å². The van der Waals surface area contributed by atoms with E-state index >= 15 is 0 Å². The van der Waals surface area contributed by atoms with E-state index in [-0.39, 0.29) is 0 Å². The van der Waals surface area contributed by atoms with Gasteiger partial charge in [0.15, 0.2) is 0 Å². The minimum Gasteiger partial charge on any atom is -0.465 e. The van der Waals surface area contributed by atoms with Crippen molar-refractivity contribution in [1.29, 1.82) is 5.26 Å². The molecule has 0 atom stereocenters. The number of carbonyl (C=O) groups is 1. The molecule has 0 saturated carbocycles. The molecule has 2 aromatic rings. The summed E-state index contributed by atoms with van der Waals surface area (Å²) in [5.41, 5.74) is 2.20. The Morgan fingerprint density at radius 3 is 2.65 bits per heavy atom. The van der Waals surface area contributed by atoms with Crippen molar-refractivity contribution in [2.75, 3.05) is 7.11 Å². The summed E-state index contributed by atoms with van der Waals surface area (Å²) in [6, 6.07) is 17.1. The molecule has 100 valence electrons. The average Bonchev–Trinajstić information content (AvgIpc) is 2.52. The van der Waals surface area contributed by atoms with E-state index in [0.717, 1.165) is 10.6 Å². The number of ether oxygens (including phenoxy) is 1. The van der Waals surface area contributed by atoms with E-state index in [4.69, 9.17) is 10.00 Å². The number of thioether (sulfide) groups is 1. The van der Waals surface area contributed by atoms with E-state index in [2.05, 4.69) is 6.07 Å². The summed E-state index contributed by atoms with van der Waals surface area (Å²) in [6.45, 7) is 0. The van der Waals surface area contributed by atoms with Gasteiger partial charge in [0.05, 0.1) is 18.2 Å². The molecule has 0 aliphatic carbocycles. The highest BCUT2D eigenvalue weighted by Crippen LogP contribution is 2.27. The molecule has 0 heterocycles. The lowest BCUT2D eigenvalue weighted by Gasteiger charge is -2.06. The fraction of sp³-hybridized carbons (Fsp3) is 0.125. The van der Waals surface area contributed by atoms with Crippen LogP contribution < -0.4 is 0 Å². The lowest BCUT2D eigenvalue weighted by Crippen LogP contribution is -2.01. The zero-order chi connectivity index (χ0) is 14.4. The van der Waals surface area contributed by atoms with Crippen molar-refractivity contribution in [2.24, 2.45) is 0 Å². The SMILES string of the molecule is COC(=O)c1ccc(C#N)c(SCc2ccccc2)c1. The lowest BCUT2D eigenvalue weighted by molar-refractivity contribution is 0.0600. The minimum atomic E-state index is -0.393. The van der Waals surface area contributed by atoms with Gasteiger partial charge in [0.1, 0.15) is 6.07 Å². The maximum Gasteiger partial charge on any atom is 0.337 e. The van der Waals surface area contributed by atoms with Crippen LogP contribution in [0.15, 0.2) is 53.4 Å². The third-order valence-electron chi connectivity index (χ3n) is 2.76. The molecule has 20 heavy (non-hydrogen) atoms. The van der Waals surface area contributed by atoms with Gasteiger partial charge in [-0.25, -0.2) is 4.79 Å². The summed E-state index contributed by atoms with van der Waals surface area (Å²) >= 11 is 1.54. The molecule has 0 bridgehead atoms. The maximum absolute atomic E-state index is 11.5. The topological polar surface area (TPSA) is 50.1 Å². The molecule has 0 fully saturated rings. The summed E-state index contributed by atoms with van der Waals surface area (Å²) in [7, 11) is 1.34. The Bertz CT molecular complexity index is 647. The van der Waals surface area contributed by atoms with Crippen molar-refractivity contribution >= 4 is 17.7 Å². The molecule has 2 aromatic carbocycles. The van der Waals surface area contributed by atoms with Crippen LogP contribution in [0, 0.1) is 11.3 Å². The Hall–Kier alpha value is -2.25. The Balaban J connectivity index is 2.21. The van der Waals surface area contributed by atoms with Gasteiger partial charge in [-0.1, -0.05) is 30.3 Å². The largest absolute Gasteiger partial charge is 0.465 e. The molecular weight excluding hydrogens is 270 g/mol. The van der Waals surface area contributed by atoms with Crippen molar-refractivity contribution in [3.05, 3.63) is 65.2 Å². The molecular formula is C16H13NO2S. The van der Waals surface area contributed by atoms with Crippen LogP contribution in [0.3, 0.4) is 0 Å². The summed E-state index contributed by atoms with van der Waals surface area (Å²) in [5.74, 6) is 0.358. The molecule has 0 radical (unpaired) electrons. The second-order valence-corrected chi connectivity index (χ2v) is 5.11. The molecule has 0 aliphatic rings. The third kappa shape index (κ3) is 3.40. The first-order valence-electron chi connectivity index (χ1n) is 6.04. The van der Waals surface area contributed by atoms with Crippen LogP contribution in [0.25, 0.3) is 0 Å². The molecule has 0 saturated heterocycles. The van der Waals surface area contributed by atoms with E-state index in [0.29, 0.717) is 11.1 Å². The number of benzene rings is 2. The van der Waals surface area contributed by atoms with Gasteiger partial charge in [-0.2, -0.15) is 5.26 Å². The van der Waals surface area contributed by atoms with Gasteiger partial charge in [-0.05, 0) is 23.8 Å². The predicted octanol–water partition coefficient (Wildman–Crippen LogP) is 3.64. The number of esters is 1. The van der Waals surface area contributed by atoms with Crippen molar-refractivity contribution in [1.82, 2.24) is 0 Å². The van der Waals surface area contributed by atoms with Crippen LogP contribution in [-0.4, -0.2) is 13.1 Å². The van der Waals surface area contributed by atoms with Crippen molar-refractivity contribution in [3.63, 3.8) is 0 Å². The van der Waals surface area contributed by atoms with Crippen LogP contribution in [0.2, 0.25) is 0 Å². The van der Waals surface area contributed by atoms with Gasteiger partial charge in [0.2, 0.25) is 0 Å². The molecule has 2 rings (SSSR count). The smallest absolute Gasteiger partial charge is 0.337 e. The second kappa shape index (κ2) is 6.78. The van der Waals surface area contributed by atoms with Crippen LogP contribution in [0.1, 0.15) is 21.5 Å². The fourth-order valence-electron chi connectivity index (χ4n) is 1.71. The summed E-state index contributed by atoms with van der Waals surface area (Å²) in [5, 5.41) is 9.12. The van der Waals surface area contributed by atoms with Crippen LogP contribution >= 0.6 is 11.8 Å². The van der Waals surface area contributed by atoms with Crippen molar-refractivity contribution in [2.45, 2.75) is 10.6 Å². The maximum atomic E-state index is 11.5. The summed E-state index contributed by atoms with van der Waals surface area (Å²) in [6.07, 6.45) is 0. The highest BCUT2D eigenvalue weighted by Gasteiger charge is 2.10. The van der Waals surface area contributed by atoms with Crippen LogP contribution in [-0.2, 0) is 10.5 Å². The van der Waals surface area contributed by atoms with Crippen molar-refractivity contribution in [3.8, 4) is 6.07 Å². The second-order valence-electron chi connectivity index (χ2n) is 4.09. The normalized spacial score (nSPS) is 9.80. The number of hydrogen-bond donors (Lipinski definition) is 0. The number of rotatable bonds is 4. The van der Waals surface area contributed by atoms with E-state index < -0.39 is 5.97 Å². The number of nitriles is 1. The molecule has 0 aromatic heterocycles. The van der Waals surface area contributed by atoms with Gasteiger partial charge in [0.25, 0.3) is 0 Å². The summed E-state index contributed by atoms with van der Waals surface area (Å²) in [4.78, 5) is 12.3. The first kappa shape index (κ1) is 14.2. The van der Waals surface area contributed by atoms with Gasteiger partial charge >= 0.3 is 5.97 Å². The zero-order valence-electron chi connectivity index (χ0n) is 11.0. The quantitative estimate of drug-likeness (QED) is 0.635. The fourth-order valence-corrected chi connectivity index (χ4v) is 2.71. The highest BCUT2D eigenvalue weighted by molar-refractivity contribution is 7.98. The molecule has 0 spiro atoms. The van der Waals surface area contributed by atoms with Crippen LogP contribution in [0.4, 0.5) is 0 Å². The van der Waals surface area contributed by atoms with Gasteiger partial charge in [-0.3, -0.25) is 0 Å². The van der Waals surface area contributed by atoms with Gasteiger partial charge in [0, 0.05) is 10.6 Å².